The van der Waals surface area contributed by atoms with Crippen molar-refractivity contribution in [2.75, 3.05) is 6.54 Å². The van der Waals surface area contributed by atoms with Crippen molar-refractivity contribution in [3.8, 4) is 0 Å². The van der Waals surface area contributed by atoms with Gasteiger partial charge in [0.05, 0.1) is 0 Å². The molecule has 2 aliphatic rings. The van der Waals surface area contributed by atoms with Gasteiger partial charge in [-0.25, -0.2) is 0 Å². The second-order valence-corrected chi connectivity index (χ2v) is 7.55. The summed E-state index contributed by atoms with van der Waals surface area (Å²) in [6.07, 6.45) is 8.67. The highest BCUT2D eigenvalue weighted by molar-refractivity contribution is 5.30. The quantitative estimate of drug-likeness (QED) is 0.802. The first-order valence-corrected chi connectivity index (χ1v) is 8.95. The Bertz CT molecular complexity index is 479. The Kier molecular flexibility index (Phi) is 4.69. The van der Waals surface area contributed by atoms with Crippen LogP contribution in [0.1, 0.15) is 55.7 Å². The molecular formula is C20H31N. The number of fused-ring (bicyclic) bond motifs is 2. The lowest BCUT2D eigenvalue weighted by Crippen LogP contribution is -2.34. The van der Waals surface area contributed by atoms with E-state index in [1.165, 1.54) is 55.2 Å². The first-order valence-electron chi connectivity index (χ1n) is 8.95. The van der Waals surface area contributed by atoms with Crippen LogP contribution in [0.15, 0.2) is 18.2 Å². The SMILES string of the molecule is CCNC(Cc1ccc(C)c(C)c1)CC1CC2CCC1C2. The lowest BCUT2D eigenvalue weighted by Gasteiger charge is -2.27. The summed E-state index contributed by atoms with van der Waals surface area (Å²) < 4.78 is 0. The van der Waals surface area contributed by atoms with Crippen molar-refractivity contribution in [3.63, 3.8) is 0 Å². The van der Waals surface area contributed by atoms with Crippen LogP contribution in [0, 0.1) is 31.6 Å². The Morgan fingerprint density at radius 2 is 2.00 bits per heavy atom. The summed E-state index contributed by atoms with van der Waals surface area (Å²) in [5, 5.41) is 3.75. The third-order valence-electron chi connectivity index (χ3n) is 6.02. The van der Waals surface area contributed by atoms with Crippen molar-refractivity contribution in [3.05, 3.63) is 34.9 Å². The largest absolute Gasteiger partial charge is 0.314 e. The summed E-state index contributed by atoms with van der Waals surface area (Å²) in [5.74, 6) is 3.12. The van der Waals surface area contributed by atoms with Crippen LogP contribution in [-0.2, 0) is 6.42 Å². The van der Waals surface area contributed by atoms with E-state index in [1.807, 2.05) is 0 Å². The Labute approximate surface area is 130 Å². The zero-order chi connectivity index (χ0) is 14.8. The second-order valence-electron chi connectivity index (χ2n) is 7.55. The maximum atomic E-state index is 3.75. The molecule has 4 unspecified atom stereocenters. The molecular weight excluding hydrogens is 254 g/mol. The summed E-state index contributed by atoms with van der Waals surface area (Å²) in [7, 11) is 0. The summed E-state index contributed by atoms with van der Waals surface area (Å²) in [6.45, 7) is 7.78. The van der Waals surface area contributed by atoms with E-state index in [0.717, 1.165) is 24.3 Å². The molecule has 0 amide bonds. The van der Waals surface area contributed by atoms with E-state index in [9.17, 15) is 0 Å². The molecule has 1 nitrogen and oxygen atoms in total. The molecule has 2 aliphatic carbocycles. The molecule has 0 heterocycles. The van der Waals surface area contributed by atoms with Gasteiger partial charge in [0.15, 0.2) is 0 Å². The van der Waals surface area contributed by atoms with Gasteiger partial charge >= 0.3 is 0 Å². The summed E-state index contributed by atoms with van der Waals surface area (Å²) >= 11 is 0. The van der Waals surface area contributed by atoms with Crippen molar-refractivity contribution < 1.29 is 0 Å². The molecule has 0 aliphatic heterocycles. The molecule has 0 saturated heterocycles. The van der Waals surface area contributed by atoms with Crippen molar-refractivity contribution in [1.29, 1.82) is 0 Å². The Balaban J connectivity index is 1.62. The maximum Gasteiger partial charge on any atom is 0.0110 e. The van der Waals surface area contributed by atoms with Gasteiger partial charge in [-0.15, -0.1) is 0 Å². The number of hydrogen-bond donors (Lipinski definition) is 1. The molecule has 0 spiro atoms. The minimum Gasteiger partial charge on any atom is -0.314 e. The molecule has 0 aromatic heterocycles. The monoisotopic (exact) mass is 285 g/mol. The molecule has 1 aromatic carbocycles. The van der Waals surface area contributed by atoms with Gasteiger partial charge in [-0.3, -0.25) is 0 Å². The van der Waals surface area contributed by atoms with E-state index >= 15 is 0 Å². The first kappa shape index (κ1) is 15.1. The van der Waals surface area contributed by atoms with Gasteiger partial charge in [0.25, 0.3) is 0 Å². The number of hydrogen-bond acceptors (Lipinski definition) is 1. The van der Waals surface area contributed by atoms with Crippen LogP contribution in [0.2, 0.25) is 0 Å². The van der Waals surface area contributed by atoms with Gasteiger partial charge in [0, 0.05) is 6.04 Å². The highest BCUT2D eigenvalue weighted by atomic mass is 14.9. The third-order valence-corrected chi connectivity index (χ3v) is 6.02. The van der Waals surface area contributed by atoms with Crippen LogP contribution in [0.5, 0.6) is 0 Å². The van der Waals surface area contributed by atoms with Crippen LogP contribution >= 0.6 is 0 Å². The Morgan fingerprint density at radius 3 is 2.62 bits per heavy atom. The summed E-state index contributed by atoms with van der Waals surface area (Å²) in [6, 6.07) is 7.67. The molecule has 3 rings (SSSR count). The summed E-state index contributed by atoms with van der Waals surface area (Å²) in [4.78, 5) is 0. The van der Waals surface area contributed by atoms with Crippen molar-refractivity contribution >= 4 is 0 Å². The maximum absolute atomic E-state index is 3.75. The lowest BCUT2D eigenvalue weighted by atomic mass is 9.83. The van der Waals surface area contributed by atoms with E-state index in [1.54, 1.807) is 0 Å². The van der Waals surface area contributed by atoms with E-state index in [4.69, 9.17) is 0 Å². The minimum absolute atomic E-state index is 0.668. The fraction of sp³-hybridized carbons (Fsp3) is 0.700. The van der Waals surface area contributed by atoms with E-state index in [0.29, 0.717) is 6.04 Å². The van der Waals surface area contributed by atoms with Gasteiger partial charge in [0.2, 0.25) is 0 Å². The van der Waals surface area contributed by atoms with Gasteiger partial charge in [0.1, 0.15) is 0 Å². The van der Waals surface area contributed by atoms with Crippen molar-refractivity contribution in [2.24, 2.45) is 17.8 Å². The minimum atomic E-state index is 0.668. The number of benzene rings is 1. The average Bonchev–Trinajstić information content (AvgIpc) is 3.05. The highest BCUT2D eigenvalue weighted by Crippen LogP contribution is 2.50. The van der Waals surface area contributed by atoms with Gasteiger partial charge in [-0.05, 0) is 86.9 Å². The number of aryl methyl sites for hydroxylation is 2. The molecule has 4 atom stereocenters. The number of likely N-dealkylation sites (N-methyl/N-ethyl adjacent to an activating group) is 1. The molecule has 116 valence electrons. The van der Waals surface area contributed by atoms with Gasteiger partial charge in [-0.1, -0.05) is 31.5 Å². The van der Waals surface area contributed by atoms with Crippen LogP contribution in [0.4, 0.5) is 0 Å². The molecule has 1 aromatic rings. The molecule has 0 radical (unpaired) electrons. The van der Waals surface area contributed by atoms with Gasteiger partial charge in [-0.2, -0.15) is 0 Å². The number of rotatable bonds is 6. The standard InChI is InChI=1S/C20H31N/c1-4-21-20(12-16-6-5-14(2)15(3)9-16)13-19-11-17-7-8-18(19)10-17/h5-6,9,17-21H,4,7-8,10-13H2,1-3H3. The fourth-order valence-corrected chi connectivity index (χ4v) is 4.77. The molecule has 2 fully saturated rings. The number of nitrogens with one attached hydrogen (secondary N) is 1. The Hall–Kier alpha value is -0.820. The van der Waals surface area contributed by atoms with E-state index in [2.05, 4.69) is 44.3 Å². The third kappa shape index (κ3) is 3.51. The van der Waals surface area contributed by atoms with Crippen LogP contribution in [0.25, 0.3) is 0 Å². The molecule has 2 bridgehead atoms. The van der Waals surface area contributed by atoms with Crippen molar-refractivity contribution in [1.82, 2.24) is 5.32 Å². The normalized spacial score (nSPS) is 29.0. The van der Waals surface area contributed by atoms with Crippen molar-refractivity contribution in [2.45, 2.75) is 65.3 Å². The summed E-state index contributed by atoms with van der Waals surface area (Å²) in [5.41, 5.74) is 4.35. The molecule has 1 N–H and O–H groups in total. The molecule has 1 heteroatoms. The Morgan fingerprint density at radius 1 is 1.14 bits per heavy atom. The predicted molar refractivity (Wildman–Crippen MR) is 90.6 cm³/mol. The molecule has 2 saturated carbocycles. The van der Waals surface area contributed by atoms with Crippen LogP contribution in [0.3, 0.4) is 0 Å². The second kappa shape index (κ2) is 6.52. The van der Waals surface area contributed by atoms with Crippen LogP contribution < -0.4 is 5.32 Å². The first-order chi connectivity index (χ1) is 10.2. The zero-order valence-electron chi connectivity index (χ0n) is 14.0. The van der Waals surface area contributed by atoms with E-state index in [-0.39, 0.29) is 0 Å². The van der Waals surface area contributed by atoms with Gasteiger partial charge < -0.3 is 5.32 Å². The topological polar surface area (TPSA) is 12.0 Å². The average molecular weight is 285 g/mol. The fourth-order valence-electron chi connectivity index (χ4n) is 4.77. The highest BCUT2D eigenvalue weighted by Gasteiger charge is 2.39. The molecule has 21 heavy (non-hydrogen) atoms. The van der Waals surface area contributed by atoms with Crippen LogP contribution in [-0.4, -0.2) is 12.6 Å². The predicted octanol–water partition coefficient (Wildman–Crippen LogP) is 4.65. The lowest BCUT2D eigenvalue weighted by molar-refractivity contribution is 0.278. The zero-order valence-corrected chi connectivity index (χ0v) is 14.0. The van der Waals surface area contributed by atoms with E-state index < -0.39 is 0 Å². The smallest absolute Gasteiger partial charge is 0.0110 e.